The van der Waals surface area contributed by atoms with Gasteiger partial charge in [-0.2, -0.15) is 0 Å². The van der Waals surface area contributed by atoms with Crippen molar-refractivity contribution in [2.75, 3.05) is 18.5 Å². The van der Waals surface area contributed by atoms with Gasteiger partial charge in [0.2, 0.25) is 5.91 Å². The van der Waals surface area contributed by atoms with Crippen molar-refractivity contribution in [2.45, 2.75) is 19.4 Å². The minimum absolute atomic E-state index is 0.0498. The summed E-state index contributed by atoms with van der Waals surface area (Å²) in [6, 6.07) is 9.02. The van der Waals surface area contributed by atoms with Crippen LogP contribution in [0.5, 0.6) is 5.75 Å². The number of carbonyl (C=O) groups excluding carboxylic acids is 2. The molecule has 0 atom stereocenters. The minimum atomic E-state index is -0.0498. The van der Waals surface area contributed by atoms with Gasteiger partial charge in [0.15, 0.2) is 0 Å². The number of nitrogens with zero attached hydrogens (tertiary/aromatic N) is 2. The zero-order valence-corrected chi connectivity index (χ0v) is 13.8. The largest absolute Gasteiger partial charge is 0.491 e. The lowest BCUT2D eigenvalue weighted by Gasteiger charge is -2.20. The Morgan fingerprint density at radius 2 is 1.96 bits per heavy atom. The van der Waals surface area contributed by atoms with E-state index in [1.807, 2.05) is 18.2 Å². The molecule has 2 aliphatic rings. The smallest absolute Gasteiger partial charge is 0.254 e. The first-order valence-electron chi connectivity index (χ1n) is 8.46. The van der Waals surface area contributed by atoms with Gasteiger partial charge in [-0.05, 0) is 43.2 Å². The van der Waals surface area contributed by atoms with Gasteiger partial charge in [-0.25, -0.2) is 0 Å². The van der Waals surface area contributed by atoms with Gasteiger partial charge >= 0.3 is 0 Å². The first-order valence-corrected chi connectivity index (χ1v) is 8.46. The molecule has 0 unspecified atom stereocenters. The van der Waals surface area contributed by atoms with Gasteiger partial charge in [0, 0.05) is 41.7 Å². The van der Waals surface area contributed by atoms with Gasteiger partial charge in [0.05, 0.1) is 6.54 Å². The van der Waals surface area contributed by atoms with E-state index in [0.29, 0.717) is 25.3 Å². The standard InChI is InChI=1S/C19H19N3O3/c23-18(13-1-2-13)21-16-3-4-17-15(11-16)12-22(9-10-25-17)19(24)14-5-7-20-8-6-14/h3-8,11,13H,1-2,9-10,12H2,(H,21,23). The lowest BCUT2D eigenvalue weighted by Crippen LogP contribution is -2.32. The molecule has 128 valence electrons. The molecule has 2 heterocycles. The van der Waals surface area contributed by atoms with Crippen LogP contribution in [0.25, 0.3) is 0 Å². The Bertz CT molecular complexity index is 803. The number of hydrogen-bond acceptors (Lipinski definition) is 4. The maximum Gasteiger partial charge on any atom is 0.254 e. The molecule has 1 aliphatic heterocycles. The van der Waals surface area contributed by atoms with Crippen molar-refractivity contribution in [2.24, 2.45) is 5.92 Å². The van der Waals surface area contributed by atoms with Crippen LogP contribution in [0, 0.1) is 5.92 Å². The van der Waals surface area contributed by atoms with E-state index in [4.69, 9.17) is 4.74 Å². The first-order chi connectivity index (χ1) is 12.2. The highest BCUT2D eigenvalue weighted by molar-refractivity contribution is 5.95. The van der Waals surface area contributed by atoms with Crippen molar-refractivity contribution in [3.63, 3.8) is 0 Å². The number of nitrogens with one attached hydrogen (secondary N) is 1. The molecule has 0 bridgehead atoms. The number of ether oxygens (including phenoxy) is 1. The molecule has 1 fully saturated rings. The zero-order chi connectivity index (χ0) is 17.2. The summed E-state index contributed by atoms with van der Waals surface area (Å²) in [5, 5.41) is 2.94. The number of fused-ring (bicyclic) bond motifs is 1. The number of hydrogen-bond donors (Lipinski definition) is 1. The summed E-state index contributed by atoms with van der Waals surface area (Å²) in [6.45, 7) is 1.40. The lowest BCUT2D eigenvalue weighted by atomic mass is 10.1. The van der Waals surface area contributed by atoms with Gasteiger partial charge < -0.3 is 15.0 Å². The summed E-state index contributed by atoms with van der Waals surface area (Å²) in [6.07, 6.45) is 5.16. The molecule has 1 aromatic heterocycles. The predicted octanol–water partition coefficient (Wildman–Crippen LogP) is 2.46. The predicted molar refractivity (Wildman–Crippen MR) is 92.3 cm³/mol. The van der Waals surface area contributed by atoms with Crippen molar-refractivity contribution in [3.8, 4) is 5.75 Å². The Morgan fingerprint density at radius 3 is 2.72 bits per heavy atom. The van der Waals surface area contributed by atoms with Gasteiger partial charge in [0.25, 0.3) is 5.91 Å². The molecule has 1 aliphatic carbocycles. The maximum absolute atomic E-state index is 12.7. The minimum Gasteiger partial charge on any atom is -0.491 e. The van der Waals surface area contributed by atoms with Crippen molar-refractivity contribution < 1.29 is 14.3 Å². The van der Waals surface area contributed by atoms with E-state index in [1.54, 1.807) is 29.4 Å². The van der Waals surface area contributed by atoms with Gasteiger partial charge in [-0.1, -0.05) is 0 Å². The number of amides is 2. The molecule has 25 heavy (non-hydrogen) atoms. The fourth-order valence-electron chi connectivity index (χ4n) is 2.91. The lowest BCUT2D eigenvalue weighted by molar-refractivity contribution is -0.117. The van der Waals surface area contributed by atoms with E-state index in [2.05, 4.69) is 10.3 Å². The summed E-state index contributed by atoms with van der Waals surface area (Å²) in [7, 11) is 0. The summed E-state index contributed by atoms with van der Waals surface area (Å²) in [5.74, 6) is 0.930. The Kier molecular flexibility index (Phi) is 4.09. The van der Waals surface area contributed by atoms with E-state index in [0.717, 1.165) is 29.8 Å². The highest BCUT2D eigenvalue weighted by atomic mass is 16.5. The molecule has 6 heteroatoms. The van der Waals surface area contributed by atoms with Crippen LogP contribution in [-0.4, -0.2) is 34.8 Å². The third-order valence-corrected chi connectivity index (χ3v) is 4.47. The topological polar surface area (TPSA) is 71.5 Å². The molecule has 1 saturated carbocycles. The fraction of sp³-hybridized carbons (Fsp3) is 0.316. The van der Waals surface area contributed by atoms with Crippen LogP contribution < -0.4 is 10.1 Å². The van der Waals surface area contributed by atoms with Crippen LogP contribution in [-0.2, 0) is 11.3 Å². The van der Waals surface area contributed by atoms with E-state index in [1.165, 1.54) is 0 Å². The summed E-state index contributed by atoms with van der Waals surface area (Å²) in [4.78, 5) is 30.4. The Balaban J connectivity index is 1.54. The van der Waals surface area contributed by atoms with Crippen LogP contribution in [0.2, 0.25) is 0 Å². The molecule has 6 nitrogen and oxygen atoms in total. The zero-order valence-electron chi connectivity index (χ0n) is 13.8. The van der Waals surface area contributed by atoms with Crippen LogP contribution in [0.3, 0.4) is 0 Å². The molecular weight excluding hydrogens is 318 g/mol. The van der Waals surface area contributed by atoms with Crippen molar-refractivity contribution in [3.05, 3.63) is 53.9 Å². The average molecular weight is 337 g/mol. The van der Waals surface area contributed by atoms with Gasteiger partial charge in [-0.3, -0.25) is 14.6 Å². The SMILES string of the molecule is O=C(Nc1ccc2c(c1)CN(C(=O)c1ccncc1)CCO2)C1CC1. The molecule has 0 saturated heterocycles. The number of anilines is 1. The van der Waals surface area contributed by atoms with E-state index >= 15 is 0 Å². The molecule has 0 spiro atoms. The van der Waals surface area contributed by atoms with Gasteiger partial charge in [-0.15, -0.1) is 0 Å². The second-order valence-corrected chi connectivity index (χ2v) is 6.40. The molecule has 1 N–H and O–H groups in total. The van der Waals surface area contributed by atoms with Crippen molar-refractivity contribution in [1.82, 2.24) is 9.88 Å². The number of benzene rings is 1. The van der Waals surface area contributed by atoms with Crippen LogP contribution in [0.15, 0.2) is 42.7 Å². The molecule has 2 amide bonds. The van der Waals surface area contributed by atoms with Crippen molar-refractivity contribution >= 4 is 17.5 Å². The van der Waals surface area contributed by atoms with Gasteiger partial charge in [0.1, 0.15) is 12.4 Å². The highest BCUT2D eigenvalue weighted by Gasteiger charge is 2.30. The monoisotopic (exact) mass is 337 g/mol. The number of carbonyl (C=O) groups is 2. The number of rotatable bonds is 3. The van der Waals surface area contributed by atoms with Crippen LogP contribution in [0.1, 0.15) is 28.8 Å². The van der Waals surface area contributed by atoms with Crippen LogP contribution in [0.4, 0.5) is 5.69 Å². The molecule has 2 aromatic rings. The Labute approximate surface area is 145 Å². The van der Waals surface area contributed by atoms with E-state index in [-0.39, 0.29) is 17.7 Å². The second-order valence-electron chi connectivity index (χ2n) is 6.40. The second kappa shape index (κ2) is 6.55. The number of aromatic nitrogens is 1. The molecule has 4 rings (SSSR count). The average Bonchev–Trinajstić information content (AvgIpc) is 3.48. The highest BCUT2D eigenvalue weighted by Crippen LogP contribution is 2.31. The van der Waals surface area contributed by atoms with E-state index in [9.17, 15) is 9.59 Å². The first kappa shape index (κ1) is 15.6. The maximum atomic E-state index is 12.7. The normalized spacial score (nSPS) is 16.4. The molecular formula is C19H19N3O3. The number of pyridine rings is 1. The Hall–Kier alpha value is -2.89. The summed E-state index contributed by atoms with van der Waals surface area (Å²) in [5.41, 5.74) is 2.25. The third-order valence-electron chi connectivity index (χ3n) is 4.47. The Morgan fingerprint density at radius 1 is 1.16 bits per heavy atom. The fourth-order valence-corrected chi connectivity index (χ4v) is 2.91. The molecule has 1 aromatic carbocycles. The summed E-state index contributed by atoms with van der Waals surface area (Å²) < 4.78 is 5.77. The third kappa shape index (κ3) is 3.47. The van der Waals surface area contributed by atoms with E-state index < -0.39 is 0 Å². The summed E-state index contributed by atoms with van der Waals surface area (Å²) >= 11 is 0. The molecule has 0 radical (unpaired) electrons. The van der Waals surface area contributed by atoms with Crippen LogP contribution >= 0.6 is 0 Å². The van der Waals surface area contributed by atoms with Crippen molar-refractivity contribution in [1.29, 1.82) is 0 Å². The quantitative estimate of drug-likeness (QED) is 0.934.